The molecule has 0 saturated heterocycles. The molecular weight excluding hydrogens is 251 g/mol. The molecule has 0 unspecified atom stereocenters. The van der Waals surface area contributed by atoms with E-state index in [4.69, 9.17) is 11.6 Å². The van der Waals surface area contributed by atoms with E-state index in [9.17, 15) is 4.39 Å². The van der Waals surface area contributed by atoms with Crippen molar-refractivity contribution in [3.63, 3.8) is 0 Å². The molecule has 0 saturated carbocycles. The Labute approximate surface area is 111 Å². The Bertz CT molecular complexity index is 502. The highest BCUT2D eigenvalue weighted by molar-refractivity contribution is 6.31. The first-order chi connectivity index (χ1) is 8.75. The van der Waals surface area contributed by atoms with Crippen molar-refractivity contribution >= 4 is 11.6 Å². The average molecular weight is 265 g/mol. The molecule has 1 N–H and O–H groups in total. The predicted octanol–water partition coefficient (Wildman–Crippen LogP) is 3.21. The number of hydrogen-bond acceptors (Lipinski definition) is 2. The fourth-order valence-electron chi connectivity index (χ4n) is 1.65. The summed E-state index contributed by atoms with van der Waals surface area (Å²) < 4.78 is 12.8. The second-order valence-electron chi connectivity index (χ2n) is 3.98. The Balaban J connectivity index is 1.79. The molecule has 0 spiro atoms. The first kappa shape index (κ1) is 13.0. The van der Waals surface area contributed by atoms with Gasteiger partial charge in [0.2, 0.25) is 0 Å². The summed E-state index contributed by atoms with van der Waals surface area (Å²) in [6.45, 7) is 1.44. The van der Waals surface area contributed by atoms with Crippen molar-refractivity contribution in [3.05, 3.63) is 64.7 Å². The minimum Gasteiger partial charge on any atom is -0.312 e. The minimum atomic E-state index is -0.308. The van der Waals surface area contributed by atoms with Crippen molar-refractivity contribution in [1.29, 1.82) is 0 Å². The Morgan fingerprint density at radius 1 is 1.22 bits per heavy atom. The van der Waals surface area contributed by atoms with Gasteiger partial charge < -0.3 is 5.32 Å². The molecule has 18 heavy (non-hydrogen) atoms. The molecule has 0 fully saturated rings. The lowest BCUT2D eigenvalue weighted by molar-refractivity contribution is 0.625. The maximum atomic E-state index is 12.8. The van der Waals surface area contributed by atoms with E-state index in [-0.39, 0.29) is 5.82 Å². The Kier molecular flexibility index (Phi) is 4.67. The van der Waals surface area contributed by atoms with Crippen LogP contribution in [0.25, 0.3) is 0 Å². The highest BCUT2D eigenvalue weighted by atomic mass is 35.5. The van der Waals surface area contributed by atoms with Gasteiger partial charge >= 0.3 is 0 Å². The topological polar surface area (TPSA) is 24.9 Å². The number of pyridine rings is 1. The number of hydrogen-bond donors (Lipinski definition) is 1. The molecule has 0 atom stereocenters. The lowest BCUT2D eigenvalue weighted by atomic mass is 10.2. The van der Waals surface area contributed by atoms with Crippen LogP contribution in [0.2, 0.25) is 5.02 Å². The fraction of sp³-hybridized carbons (Fsp3) is 0.214. The number of aromatic nitrogens is 1. The van der Waals surface area contributed by atoms with Crippen LogP contribution >= 0.6 is 11.6 Å². The third-order valence-corrected chi connectivity index (χ3v) is 2.97. The van der Waals surface area contributed by atoms with Crippen molar-refractivity contribution in [2.24, 2.45) is 0 Å². The second-order valence-corrected chi connectivity index (χ2v) is 4.39. The van der Waals surface area contributed by atoms with Gasteiger partial charge in [-0.25, -0.2) is 4.39 Å². The SMILES string of the molecule is Fc1ccc(CNCCc2ccccn2)c(Cl)c1. The quantitative estimate of drug-likeness (QED) is 0.839. The zero-order chi connectivity index (χ0) is 12.8. The Morgan fingerprint density at radius 3 is 2.83 bits per heavy atom. The summed E-state index contributed by atoms with van der Waals surface area (Å²) in [5, 5.41) is 3.72. The number of benzene rings is 1. The van der Waals surface area contributed by atoms with Crippen LogP contribution in [0.3, 0.4) is 0 Å². The van der Waals surface area contributed by atoms with Gasteiger partial charge in [-0.15, -0.1) is 0 Å². The first-order valence-corrected chi connectivity index (χ1v) is 6.18. The van der Waals surface area contributed by atoms with Crippen molar-refractivity contribution in [3.8, 4) is 0 Å². The van der Waals surface area contributed by atoms with Gasteiger partial charge in [0.1, 0.15) is 5.82 Å². The van der Waals surface area contributed by atoms with Gasteiger partial charge in [-0.05, 0) is 29.8 Å². The second kappa shape index (κ2) is 6.47. The van der Waals surface area contributed by atoms with Gasteiger partial charge in [0.05, 0.1) is 0 Å². The van der Waals surface area contributed by atoms with Crippen LogP contribution in [-0.4, -0.2) is 11.5 Å². The van der Waals surface area contributed by atoms with E-state index >= 15 is 0 Å². The molecule has 1 aromatic heterocycles. The van der Waals surface area contributed by atoms with Crippen molar-refractivity contribution in [1.82, 2.24) is 10.3 Å². The normalized spacial score (nSPS) is 10.6. The number of rotatable bonds is 5. The lowest BCUT2D eigenvalue weighted by Gasteiger charge is -2.06. The van der Waals surface area contributed by atoms with E-state index < -0.39 is 0 Å². The zero-order valence-electron chi connectivity index (χ0n) is 9.87. The molecule has 0 bridgehead atoms. The molecule has 0 aliphatic heterocycles. The monoisotopic (exact) mass is 264 g/mol. The predicted molar refractivity (Wildman–Crippen MR) is 71.1 cm³/mol. The molecule has 0 radical (unpaired) electrons. The summed E-state index contributed by atoms with van der Waals surface area (Å²) >= 11 is 5.93. The molecule has 1 aromatic carbocycles. The number of nitrogens with one attached hydrogen (secondary N) is 1. The molecule has 94 valence electrons. The molecule has 0 amide bonds. The maximum absolute atomic E-state index is 12.8. The summed E-state index contributed by atoms with van der Waals surface area (Å²) in [7, 11) is 0. The van der Waals surface area contributed by atoms with Crippen molar-refractivity contribution in [2.45, 2.75) is 13.0 Å². The van der Waals surface area contributed by atoms with Gasteiger partial charge in [0, 0.05) is 36.4 Å². The maximum Gasteiger partial charge on any atom is 0.124 e. The third kappa shape index (κ3) is 3.79. The van der Waals surface area contributed by atoms with Crippen molar-refractivity contribution in [2.75, 3.05) is 6.54 Å². The van der Waals surface area contributed by atoms with E-state index in [1.54, 1.807) is 12.3 Å². The van der Waals surface area contributed by atoms with Crippen LogP contribution in [0.15, 0.2) is 42.6 Å². The molecule has 2 aromatic rings. The van der Waals surface area contributed by atoms with Gasteiger partial charge in [0.15, 0.2) is 0 Å². The lowest BCUT2D eigenvalue weighted by Crippen LogP contribution is -2.17. The van der Waals surface area contributed by atoms with E-state index in [1.165, 1.54) is 12.1 Å². The third-order valence-electron chi connectivity index (χ3n) is 2.61. The van der Waals surface area contributed by atoms with E-state index in [1.807, 2.05) is 18.2 Å². The van der Waals surface area contributed by atoms with Crippen LogP contribution in [-0.2, 0) is 13.0 Å². The van der Waals surface area contributed by atoms with Gasteiger partial charge in [-0.2, -0.15) is 0 Å². The van der Waals surface area contributed by atoms with Crippen LogP contribution in [0.4, 0.5) is 4.39 Å². The highest BCUT2D eigenvalue weighted by Crippen LogP contribution is 2.16. The van der Waals surface area contributed by atoms with Crippen molar-refractivity contribution < 1.29 is 4.39 Å². The van der Waals surface area contributed by atoms with E-state index in [0.29, 0.717) is 11.6 Å². The minimum absolute atomic E-state index is 0.308. The molecule has 2 nitrogen and oxygen atoms in total. The number of halogens is 2. The summed E-state index contributed by atoms with van der Waals surface area (Å²) in [5.74, 6) is -0.308. The van der Waals surface area contributed by atoms with Crippen LogP contribution in [0.5, 0.6) is 0 Å². The zero-order valence-corrected chi connectivity index (χ0v) is 10.6. The molecule has 1 heterocycles. The van der Waals surface area contributed by atoms with Crippen LogP contribution < -0.4 is 5.32 Å². The molecule has 2 rings (SSSR count). The first-order valence-electron chi connectivity index (χ1n) is 5.80. The molecule has 0 aliphatic rings. The standard InChI is InChI=1S/C14H14ClFN2/c15-14-9-12(16)5-4-11(14)10-17-8-6-13-3-1-2-7-18-13/h1-5,7,9,17H,6,8,10H2. The van der Waals surface area contributed by atoms with Gasteiger partial charge in [0.25, 0.3) is 0 Å². The van der Waals surface area contributed by atoms with E-state index in [2.05, 4.69) is 10.3 Å². The van der Waals surface area contributed by atoms with Crippen LogP contribution in [0.1, 0.15) is 11.3 Å². The summed E-state index contributed by atoms with van der Waals surface area (Å²) in [5.41, 5.74) is 1.95. The fourth-order valence-corrected chi connectivity index (χ4v) is 1.88. The largest absolute Gasteiger partial charge is 0.312 e. The van der Waals surface area contributed by atoms with Crippen LogP contribution in [0, 0.1) is 5.82 Å². The smallest absolute Gasteiger partial charge is 0.124 e. The Morgan fingerprint density at radius 2 is 2.11 bits per heavy atom. The van der Waals surface area contributed by atoms with E-state index in [0.717, 1.165) is 24.2 Å². The summed E-state index contributed by atoms with van der Waals surface area (Å²) in [6, 6.07) is 10.3. The van der Waals surface area contributed by atoms with Gasteiger partial charge in [-0.1, -0.05) is 23.7 Å². The molecule has 0 aliphatic carbocycles. The summed E-state index contributed by atoms with van der Waals surface area (Å²) in [4.78, 5) is 4.24. The highest BCUT2D eigenvalue weighted by Gasteiger charge is 2.01. The molecule has 4 heteroatoms. The number of nitrogens with zero attached hydrogens (tertiary/aromatic N) is 1. The van der Waals surface area contributed by atoms with Gasteiger partial charge in [-0.3, -0.25) is 4.98 Å². The summed E-state index contributed by atoms with van der Waals surface area (Å²) in [6.07, 6.45) is 2.64. The average Bonchev–Trinajstić information content (AvgIpc) is 2.38. The molecular formula is C14H14ClFN2. The Hall–Kier alpha value is -1.45.